The topological polar surface area (TPSA) is 127 Å². The number of nitrogens with one attached hydrogen (secondary N) is 2. The molecule has 0 spiro atoms. The van der Waals surface area contributed by atoms with Crippen molar-refractivity contribution >= 4 is 17.5 Å². The van der Waals surface area contributed by atoms with Crippen LogP contribution in [0, 0.1) is 24.7 Å². The van der Waals surface area contributed by atoms with Crippen molar-refractivity contribution in [2.45, 2.75) is 83.5 Å². The molecule has 2 saturated carbocycles. The molecule has 3 atom stereocenters. The molecule has 2 N–H and O–H groups in total. The fourth-order valence-electron chi connectivity index (χ4n) is 5.14. The molecule has 3 aromatic heterocycles. The Morgan fingerprint density at radius 3 is 2.38 bits per heavy atom. The number of aryl methyl sites for hydroxylation is 1. The van der Waals surface area contributed by atoms with Gasteiger partial charge in [-0.05, 0) is 67.1 Å². The Morgan fingerprint density at radius 1 is 1.08 bits per heavy atom. The third-order valence-electron chi connectivity index (χ3n) is 7.65. The predicted octanol–water partition coefficient (Wildman–Crippen LogP) is 4.28. The average Bonchev–Trinajstić information content (AvgIpc) is 3.50. The van der Waals surface area contributed by atoms with Crippen molar-refractivity contribution in [2.75, 3.05) is 0 Å². The third kappa shape index (κ3) is 5.91. The van der Waals surface area contributed by atoms with Gasteiger partial charge in [0.2, 0.25) is 5.92 Å². The van der Waals surface area contributed by atoms with E-state index in [1.165, 1.54) is 4.52 Å². The number of hydrogen-bond donors (Lipinski definition) is 2. The number of rotatable bonds is 9. The number of carbonyl (C=O) groups excluding carboxylic acids is 2. The third-order valence-corrected chi connectivity index (χ3v) is 7.65. The molecule has 2 aliphatic carbocycles. The molecule has 13 heteroatoms. The van der Waals surface area contributed by atoms with Gasteiger partial charge in [0, 0.05) is 12.8 Å². The minimum Gasteiger partial charge on any atom is -0.346 e. The Hall–Kier alpha value is -3.51. The van der Waals surface area contributed by atoms with Gasteiger partial charge in [-0.2, -0.15) is 5.10 Å². The molecule has 210 valence electrons. The van der Waals surface area contributed by atoms with Crippen molar-refractivity contribution in [3.8, 4) is 0 Å². The van der Waals surface area contributed by atoms with Crippen LogP contribution in [0.3, 0.4) is 0 Å². The molecule has 2 fully saturated rings. The zero-order chi connectivity index (χ0) is 27.9. The molecule has 0 radical (unpaired) electrons. The number of amides is 2. The van der Waals surface area contributed by atoms with Gasteiger partial charge in [-0.3, -0.25) is 9.59 Å². The number of alkyl halides is 3. The average molecular weight is 548 g/mol. The Morgan fingerprint density at radius 2 is 1.77 bits per heavy atom. The van der Waals surface area contributed by atoms with Gasteiger partial charge in [0.15, 0.2) is 17.5 Å². The van der Waals surface area contributed by atoms with Crippen molar-refractivity contribution in [3.05, 3.63) is 41.1 Å². The summed E-state index contributed by atoms with van der Waals surface area (Å²) in [5.74, 6) is -4.46. The molecule has 5 rings (SSSR count). The first kappa shape index (κ1) is 27.1. The summed E-state index contributed by atoms with van der Waals surface area (Å²) in [6.45, 7) is 4.89. The fraction of sp³-hybridized carbons (Fsp3) is 0.615. The van der Waals surface area contributed by atoms with Gasteiger partial charge in [-0.1, -0.05) is 19.0 Å². The first-order valence-corrected chi connectivity index (χ1v) is 13.3. The van der Waals surface area contributed by atoms with E-state index in [1.54, 1.807) is 39.2 Å². The number of fused-ring (bicyclic) bond motifs is 1. The quantitative estimate of drug-likeness (QED) is 0.409. The maximum absolute atomic E-state index is 14.3. The summed E-state index contributed by atoms with van der Waals surface area (Å²) >= 11 is 0. The van der Waals surface area contributed by atoms with Gasteiger partial charge < -0.3 is 10.6 Å². The molecule has 0 saturated heterocycles. The van der Waals surface area contributed by atoms with Crippen LogP contribution >= 0.6 is 0 Å². The molecule has 2 amide bonds. The summed E-state index contributed by atoms with van der Waals surface area (Å²) in [7, 11) is 0. The molecule has 10 nitrogen and oxygen atoms in total. The minimum absolute atomic E-state index is 0.0147. The lowest BCUT2D eigenvalue weighted by atomic mass is 9.81. The lowest BCUT2D eigenvalue weighted by molar-refractivity contribution is -0.128. The molecule has 0 aliphatic heterocycles. The summed E-state index contributed by atoms with van der Waals surface area (Å²) in [5.41, 5.74) is 1.95. The predicted molar refractivity (Wildman–Crippen MR) is 132 cm³/mol. The zero-order valence-corrected chi connectivity index (χ0v) is 22.0. The first-order valence-electron chi connectivity index (χ1n) is 13.3. The number of nitrogens with zero attached hydrogens (tertiary/aromatic N) is 5. The van der Waals surface area contributed by atoms with E-state index in [0.29, 0.717) is 22.6 Å². The molecule has 2 aliphatic rings. The van der Waals surface area contributed by atoms with Gasteiger partial charge in [-0.15, -0.1) is 0 Å². The summed E-state index contributed by atoms with van der Waals surface area (Å²) in [6, 6.07) is 0.708. The molecule has 0 aromatic carbocycles. The van der Waals surface area contributed by atoms with Crippen LogP contribution in [0.15, 0.2) is 23.1 Å². The van der Waals surface area contributed by atoms with Crippen molar-refractivity contribution in [3.63, 3.8) is 0 Å². The summed E-state index contributed by atoms with van der Waals surface area (Å²) in [6.07, 6.45) is 3.33. The van der Waals surface area contributed by atoms with Gasteiger partial charge in [0.1, 0.15) is 5.69 Å². The maximum atomic E-state index is 14.3. The second-order valence-electron chi connectivity index (χ2n) is 11.1. The van der Waals surface area contributed by atoms with Gasteiger partial charge in [-0.25, -0.2) is 27.3 Å². The Bertz CT molecular complexity index is 1340. The number of carbonyl (C=O) groups is 2. The van der Waals surface area contributed by atoms with E-state index < -0.39 is 41.9 Å². The largest absolute Gasteiger partial charge is 0.346 e. The Balaban J connectivity index is 1.43. The van der Waals surface area contributed by atoms with Crippen molar-refractivity contribution in [2.24, 2.45) is 17.8 Å². The fourth-order valence-corrected chi connectivity index (χ4v) is 5.14. The lowest BCUT2D eigenvalue weighted by Crippen LogP contribution is -2.38. The zero-order valence-electron chi connectivity index (χ0n) is 22.0. The molecule has 39 heavy (non-hydrogen) atoms. The van der Waals surface area contributed by atoms with Crippen LogP contribution in [-0.4, -0.2) is 48.8 Å². The molecule has 0 bridgehead atoms. The van der Waals surface area contributed by atoms with Crippen LogP contribution in [0.25, 0.3) is 5.65 Å². The number of hydrogen-bond acceptors (Lipinski definition) is 7. The maximum Gasteiger partial charge on any atom is 0.276 e. The molecular formula is C26H32F3N7O3. The second-order valence-corrected chi connectivity index (χ2v) is 11.1. The Kier molecular flexibility index (Phi) is 7.34. The van der Waals surface area contributed by atoms with Crippen LogP contribution in [0.2, 0.25) is 0 Å². The highest BCUT2D eigenvalue weighted by atomic mass is 19.3. The van der Waals surface area contributed by atoms with Crippen LogP contribution in [-0.2, 0) is 4.79 Å². The van der Waals surface area contributed by atoms with Crippen molar-refractivity contribution in [1.29, 1.82) is 0 Å². The number of halogens is 3. The van der Waals surface area contributed by atoms with E-state index in [0.717, 1.165) is 12.8 Å². The first-order chi connectivity index (χ1) is 18.5. The second kappa shape index (κ2) is 10.6. The Labute approximate surface area is 223 Å². The molecular weight excluding hydrogens is 515 g/mol. The standard InChI is InChI=1S/C26H32F3N7O3/c1-13(2)20(27)24(37)32-22(15-4-5-15)17-10-19-31-18(12-36(19)30-11-17)23(16-6-8-26(28,29)9-7-16)33-25(38)21-14(3)34-39-35-21/h10-13,15-16,20,22-23H,4-9H2,1-3H3,(H,32,37)(H,33,38)/t20-,22-,23+/m1/s1. The number of aromatic nitrogens is 5. The van der Waals surface area contributed by atoms with E-state index in [-0.39, 0.29) is 43.2 Å². The monoisotopic (exact) mass is 547 g/mol. The molecule has 3 heterocycles. The van der Waals surface area contributed by atoms with Crippen LogP contribution in [0.5, 0.6) is 0 Å². The highest BCUT2D eigenvalue weighted by Gasteiger charge is 2.40. The molecule has 3 aromatic rings. The smallest absolute Gasteiger partial charge is 0.276 e. The summed E-state index contributed by atoms with van der Waals surface area (Å²) in [4.78, 5) is 30.1. The lowest BCUT2D eigenvalue weighted by Gasteiger charge is -2.33. The summed E-state index contributed by atoms with van der Waals surface area (Å²) in [5, 5.41) is 17.5. The normalized spacial score (nSPS) is 20.1. The van der Waals surface area contributed by atoms with E-state index in [4.69, 9.17) is 4.98 Å². The van der Waals surface area contributed by atoms with Crippen LogP contribution < -0.4 is 10.6 Å². The SMILES string of the molecule is Cc1nonc1C(=O)N[C@H](c1cn2ncc([C@H](NC(=O)[C@H](F)C(C)C)C3CC3)cc2n1)C1CCC(F)(F)CC1. The van der Waals surface area contributed by atoms with Crippen LogP contribution in [0.1, 0.15) is 91.9 Å². The highest BCUT2D eigenvalue weighted by Crippen LogP contribution is 2.43. The van der Waals surface area contributed by atoms with E-state index in [9.17, 15) is 22.8 Å². The van der Waals surface area contributed by atoms with Crippen LogP contribution in [0.4, 0.5) is 13.2 Å². The minimum atomic E-state index is -2.73. The number of imidazole rings is 1. The highest BCUT2D eigenvalue weighted by molar-refractivity contribution is 5.93. The van der Waals surface area contributed by atoms with Gasteiger partial charge in [0.05, 0.1) is 30.2 Å². The van der Waals surface area contributed by atoms with Crippen molar-refractivity contribution in [1.82, 2.24) is 35.5 Å². The van der Waals surface area contributed by atoms with E-state index >= 15 is 0 Å². The van der Waals surface area contributed by atoms with Crippen molar-refractivity contribution < 1.29 is 27.4 Å². The van der Waals surface area contributed by atoms with Gasteiger partial charge >= 0.3 is 0 Å². The van der Waals surface area contributed by atoms with Gasteiger partial charge in [0.25, 0.3) is 11.8 Å². The summed E-state index contributed by atoms with van der Waals surface area (Å²) < 4.78 is 48.4. The molecule has 0 unspecified atom stereocenters. The van der Waals surface area contributed by atoms with E-state index in [2.05, 4.69) is 30.7 Å². The van der Waals surface area contributed by atoms with E-state index in [1.807, 2.05) is 0 Å².